The van der Waals surface area contributed by atoms with E-state index in [9.17, 15) is 4.39 Å². The minimum atomic E-state index is -0.333. The molecule has 1 saturated carbocycles. The summed E-state index contributed by atoms with van der Waals surface area (Å²) in [6.45, 7) is 5.63. The summed E-state index contributed by atoms with van der Waals surface area (Å²) in [5, 5.41) is 6.54. The molecule has 1 aromatic carbocycles. The highest BCUT2D eigenvalue weighted by Gasteiger charge is 2.22. The van der Waals surface area contributed by atoms with Crippen LogP contribution in [0.4, 0.5) is 4.39 Å². The molecular formula is C22H30FIN4O2. The number of guanidine groups is 1. The maximum atomic E-state index is 14.4. The van der Waals surface area contributed by atoms with Crippen molar-refractivity contribution in [1.29, 1.82) is 0 Å². The van der Waals surface area contributed by atoms with E-state index in [1.807, 2.05) is 32.0 Å². The second-order valence-electron chi connectivity index (χ2n) is 7.17. The molecule has 3 rings (SSSR count). The fourth-order valence-corrected chi connectivity index (χ4v) is 2.85. The van der Waals surface area contributed by atoms with Crippen LogP contribution in [-0.4, -0.2) is 31.2 Å². The number of benzene rings is 1. The van der Waals surface area contributed by atoms with Gasteiger partial charge in [0.05, 0.1) is 19.3 Å². The quantitative estimate of drug-likeness (QED) is 0.286. The Kier molecular flexibility index (Phi) is 9.61. The lowest BCUT2D eigenvalue weighted by Gasteiger charge is -2.19. The van der Waals surface area contributed by atoms with Gasteiger partial charge in [-0.05, 0) is 61.9 Å². The average molecular weight is 528 g/mol. The van der Waals surface area contributed by atoms with Gasteiger partial charge in [0.1, 0.15) is 0 Å². The van der Waals surface area contributed by atoms with Gasteiger partial charge in [0.25, 0.3) is 0 Å². The summed E-state index contributed by atoms with van der Waals surface area (Å²) in [4.78, 5) is 8.42. The van der Waals surface area contributed by atoms with Crippen LogP contribution in [0.3, 0.4) is 0 Å². The molecule has 0 amide bonds. The predicted molar refractivity (Wildman–Crippen MR) is 127 cm³/mol. The van der Waals surface area contributed by atoms with Crippen LogP contribution in [0.25, 0.3) is 0 Å². The standard InChI is InChI=1S/C22H29FN4O2.HI/c1-4-28-21-11-17(9-10-25-21)13-26-22(24-3)27-15(2)18-7-8-20(19(23)12-18)29-14-16-5-6-16;/h7-12,15-16H,4-6,13-14H2,1-3H3,(H2,24,26,27);1H. The zero-order chi connectivity index (χ0) is 20.6. The molecule has 1 fully saturated rings. The number of pyridine rings is 1. The third kappa shape index (κ3) is 7.30. The van der Waals surface area contributed by atoms with Crippen molar-refractivity contribution in [3.8, 4) is 11.6 Å². The number of nitrogens with zero attached hydrogens (tertiary/aromatic N) is 2. The maximum absolute atomic E-state index is 14.4. The van der Waals surface area contributed by atoms with E-state index in [0.717, 1.165) is 11.1 Å². The molecule has 1 atom stereocenters. The highest BCUT2D eigenvalue weighted by Crippen LogP contribution is 2.30. The van der Waals surface area contributed by atoms with E-state index in [2.05, 4.69) is 20.6 Å². The first-order valence-corrected chi connectivity index (χ1v) is 10.1. The van der Waals surface area contributed by atoms with Crippen LogP contribution >= 0.6 is 24.0 Å². The molecule has 0 saturated heterocycles. The van der Waals surface area contributed by atoms with E-state index in [0.29, 0.717) is 43.3 Å². The Bertz CT molecular complexity index is 846. The predicted octanol–water partition coefficient (Wildman–Crippen LogP) is 4.45. The monoisotopic (exact) mass is 528 g/mol. The first-order chi connectivity index (χ1) is 14.1. The molecule has 0 radical (unpaired) electrons. The fraction of sp³-hybridized carbons (Fsp3) is 0.455. The van der Waals surface area contributed by atoms with Gasteiger partial charge < -0.3 is 20.1 Å². The van der Waals surface area contributed by atoms with Crippen molar-refractivity contribution in [3.05, 3.63) is 53.5 Å². The summed E-state index contributed by atoms with van der Waals surface area (Å²) in [6.07, 6.45) is 4.08. The van der Waals surface area contributed by atoms with Crippen LogP contribution in [0.2, 0.25) is 0 Å². The summed E-state index contributed by atoms with van der Waals surface area (Å²) in [6, 6.07) is 8.79. The second-order valence-corrected chi connectivity index (χ2v) is 7.17. The molecule has 2 N–H and O–H groups in total. The summed E-state index contributed by atoms with van der Waals surface area (Å²) < 4.78 is 25.3. The molecule has 1 aliphatic carbocycles. The summed E-state index contributed by atoms with van der Waals surface area (Å²) in [5.74, 6) is 1.80. The number of aliphatic imine (C=N–C) groups is 1. The Morgan fingerprint density at radius 2 is 2.07 bits per heavy atom. The van der Waals surface area contributed by atoms with Gasteiger partial charge in [-0.25, -0.2) is 9.37 Å². The van der Waals surface area contributed by atoms with Gasteiger partial charge in [0, 0.05) is 25.9 Å². The van der Waals surface area contributed by atoms with Crippen molar-refractivity contribution in [2.45, 2.75) is 39.3 Å². The lowest BCUT2D eigenvalue weighted by molar-refractivity contribution is 0.285. The molecule has 0 aliphatic heterocycles. The van der Waals surface area contributed by atoms with Crippen LogP contribution in [0, 0.1) is 11.7 Å². The number of nitrogens with one attached hydrogen (secondary N) is 2. The lowest BCUT2D eigenvalue weighted by Crippen LogP contribution is -2.38. The van der Waals surface area contributed by atoms with E-state index >= 15 is 0 Å². The summed E-state index contributed by atoms with van der Waals surface area (Å²) >= 11 is 0. The lowest BCUT2D eigenvalue weighted by atomic mass is 10.1. The Hall–Kier alpha value is -2.10. The first kappa shape index (κ1) is 24.2. The molecule has 8 heteroatoms. The Morgan fingerprint density at radius 3 is 2.73 bits per heavy atom. The number of hydrogen-bond donors (Lipinski definition) is 2. The van der Waals surface area contributed by atoms with E-state index in [-0.39, 0.29) is 35.8 Å². The third-order valence-electron chi connectivity index (χ3n) is 4.76. The number of rotatable bonds is 9. The Balaban J connectivity index is 0.00000320. The number of aromatic nitrogens is 1. The largest absolute Gasteiger partial charge is 0.490 e. The van der Waals surface area contributed by atoms with Gasteiger partial charge in [-0.15, -0.1) is 24.0 Å². The molecule has 0 spiro atoms. The van der Waals surface area contributed by atoms with Gasteiger partial charge in [-0.2, -0.15) is 0 Å². The van der Waals surface area contributed by atoms with Crippen molar-refractivity contribution in [2.24, 2.45) is 10.9 Å². The molecule has 1 aliphatic rings. The zero-order valence-electron chi connectivity index (χ0n) is 17.7. The zero-order valence-corrected chi connectivity index (χ0v) is 20.0. The van der Waals surface area contributed by atoms with Crippen LogP contribution in [-0.2, 0) is 6.54 Å². The van der Waals surface area contributed by atoms with Crippen molar-refractivity contribution in [2.75, 3.05) is 20.3 Å². The Morgan fingerprint density at radius 1 is 1.27 bits per heavy atom. The van der Waals surface area contributed by atoms with Crippen LogP contribution in [0.15, 0.2) is 41.5 Å². The molecule has 30 heavy (non-hydrogen) atoms. The van der Waals surface area contributed by atoms with Gasteiger partial charge >= 0.3 is 0 Å². The van der Waals surface area contributed by atoms with Crippen LogP contribution < -0.4 is 20.1 Å². The molecular weight excluding hydrogens is 498 g/mol. The molecule has 164 valence electrons. The SMILES string of the molecule is CCOc1cc(CNC(=NC)NC(C)c2ccc(OCC3CC3)c(F)c2)ccn1.I. The topological polar surface area (TPSA) is 67.8 Å². The van der Waals surface area contributed by atoms with E-state index in [1.165, 1.54) is 18.9 Å². The number of halogens is 2. The van der Waals surface area contributed by atoms with Crippen molar-refractivity contribution in [1.82, 2.24) is 15.6 Å². The maximum Gasteiger partial charge on any atom is 0.213 e. The highest BCUT2D eigenvalue weighted by molar-refractivity contribution is 14.0. The van der Waals surface area contributed by atoms with Gasteiger partial charge in [-0.1, -0.05) is 6.07 Å². The van der Waals surface area contributed by atoms with Crippen LogP contribution in [0.1, 0.15) is 43.9 Å². The Labute approximate surface area is 194 Å². The van der Waals surface area contributed by atoms with Crippen molar-refractivity contribution < 1.29 is 13.9 Å². The molecule has 0 bridgehead atoms. The van der Waals surface area contributed by atoms with Gasteiger partial charge in [0.2, 0.25) is 5.88 Å². The molecule has 2 aromatic rings. The first-order valence-electron chi connectivity index (χ1n) is 10.1. The van der Waals surface area contributed by atoms with Gasteiger partial charge in [0.15, 0.2) is 17.5 Å². The van der Waals surface area contributed by atoms with E-state index in [1.54, 1.807) is 19.3 Å². The van der Waals surface area contributed by atoms with Crippen molar-refractivity contribution >= 4 is 29.9 Å². The van der Waals surface area contributed by atoms with Crippen molar-refractivity contribution in [3.63, 3.8) is 0 Å². The molecule has 1 aromatic heterocycles. The third-order valence-corrected chi connectivity index (χ3v) is 4.76. The second kappa shape index (κ2) is 11.9. The summed E-state index contributed by atoms with van der Waals surface area (Å²) in [7, 11) is 1.70. The molecule has 1 unspecified atom stereocenters. The fourth-order valence-electron chi connectivity index (χ4n) is 2.85. The number of ether oxygens (including phenoxy) is 2. The molecule has 6 nitrogen and oxygen atoms in total. The van der Waals surface area contributed by atoms with Crippen LogP contribution in [0.5, 0.6) is 11.6 Å². The van der Waals surface area contributed by atoms with E-state index < -0.39 is 0 Å². The highest BCUT2D eigenvalue weighted by atomic mass is 127. The minimum absolute atomic E-state index is 0. The smallest absolute Gasteiger partial charge is 0.213 e. The van der Waals surface area contributed by atoms with E-state index in [4.69, 9.17) is 9.47 Å². The molecule has 1 heterocycles. The normalized spacial score (nSPS) is 14.5. The minimum Gasteiger partial charge on any atom is -0.490 e. The summed E-state index contributed by atoms with van der Waals surface area (Å²) in [5.41, 5.74) is 1.86. The van der Waals surface area contributed by atoms with Gasteiger partial charge in [-0.3, -0.25) is 4.99 Å². The number of hydrogen-bond acceptors (Lipinski definition) is 4. The average Bonchev–Trinajstić information content (AvgIpc) is 3.55.